The van der Waals surface area contributed by atoms with E-state index in [0.717, 1.165) is 10.4 Å². The van der Waals surface area contributed by atoms with Crippen molar-refractivity contribution in [1.29, 1.82) is 0 Å². The molecule has 0 saturated carbocycles. The molecule has 0 saturated heterocycles. The maximum Gasteiger partial charge on any atom is 0.177 e. The highest BCUT2D eigenvalue weighted by Gasteiger charge is 2.12. The Labute approximate surface area is 110 Å². The molecule has 0 atom stereocenters. The Morgan fingerprint density at radius 1 is 1.18 bits per heavy atom. The summed E-state index contributed by atoms with van der Waals surface area (Å²) in [7, 11) is 0. The van der Waals surface area contributed by atoms with Crippen molar-refractivity contribution in [3.05, 3.63) is 56.2 Å². The minimum Gasteiger partial charge on any atom is -0.293 e. The molecule has 17 heavy (non-hydrogen) atoms. The van der Waals surface area contributed by atoms with Crippen LogP contribution in [0.3, 0.4) is 0 Å². The summed E-state index contributed by atoms with van der Waals surface area (Å²) in [5, 5.41) is 0. The summed E-state index contributed by atoms with van der Waals surface area (Å²) in [4.78, 5) is 12.8. The fraction of sp³-hybridized carbons (Fsp3) is 0.214. The van der Waals surface area contributed by atoms with Crippen molar-refractivity contribution in [3.8, 4) is 0 Å². The number of halogens is 1. The third-order valence-corrected chi connectivity index (χ3v) is 4.10. The highest BCUT2D eigenvalue weighted by Crippen LogP contribution is 2.24. The number of hydrogen-bond acceptors (Lipinski definition) is 2. The van der Waals surface area contributed by atoms with Gasteiger partial charge in [-0.2, -0.15) is 0 Å². The zero-order valence-corrected chi connectivity index (χ0v) is 11.4. The lowest BCUT2D eigenvalue weighted by atomic mass is 9.98. The summed E-state index contributed by atoms with van der Waals surface area (Å²) in [5.74, 6) is 0.138. The van der Waals surface area contributed by atoms with Crippen LogP contribution in [0.2, 0.25) is 4.34 Å². The second-order valence-electron chi connectivity index (χ2n) is 4.07. The summed E-state index contributed by atoms with van der Waals surface area (Å²) in [6, 6.07) is 9.65. The highest BCUT2D eigenvalue weighted by molar-refractivity contribution is 7.18. The Balaban J connectivity index is 2.24. The Bertz CT molecular complexity index is 537. The Morgan fingerprint density at radius 2 is 1.82 bits per heavy atom. The molecule has 0 fully saturated rings. The molecular weight excluding hydrogens is 252 g/mol. The molecular formula is C14H13ClOS. The molecule has 1 aromatic heterocycles. The van der Waals surface area contributed by atoms with Gasteiger partial charge in [0.1, 0.15) is 0 Å². The average molecular weight is 265 g/mol. The van der Waals surface area contributed by atoms with E-state index in [1.165, 1.54) is 22.5 Å². The van der Waals surface area contributed by atoms with E-state index in [2.05, 4.69) is 0 Å². The first-order valence-electron chi connectivity index (χ1n) is 5.41. The van der Waals surface area contributed by atoms with E-state index in [1.54, 1.807) is 12.1 Å². The van der Waals surface area contributed by atoms with Crippen LogP contribution in [0.1, 0.15) is 26.4 Å². The molecule has 0 aliphatic rings. The molecule has 0 radical (unpaired) electrons. The topological polar surface area (TPSA) is 17.1 Å². The highest BCUT2D eigenvalue weighted by atomic mass is 35.5. The zero-order valence-electron chi connectivity index (χ0n) is 9.79. The molecule has 88 valence electrons. The number of benzene rings is 1. The molecule has 0 aliphatic heterocycles. The van der Waals surface area contributed by atoms with Crippen LogP contribution in [0.4, 0.5) is 0 Å². The molecule has 0 bridgehead atoms. The van der Waals surface area contributed by atoms with Gasteiger partial charge in [0, 0.05) is 6.42 Å². The SMILES string of the molecule is Cc1cccc(C)c1CC(=O)c1ccc(Cl)s1. The van der Waals surface area contributed by atoms with Gasteiger partial charge in [-0.15, -0.1) is 11.3 Å². The molecule has 1 nitrogen and oxygen atoms in total. The van der Waals surface area contributed by atoms with Gasteiger partial charge in [-0.05, 0) is 42.7 Å². The maximum absolute atomic E-state index is 12.1. The maximum atomic E-state index is 12.1. The summed E-state index contributed by atoms with van der Waals surface area (Å²) >= 11 is 7.18. The number of aryl methyl sites for hydroxylation is 2. The minimum absolute atomic E-state index is 0.138. The third kappa shape index (κ3) is 2.76. The van der Waals surface area contributed by atoms with Crippen LogP contribution in [0.5, 0.6) is 0 Å². The number of carbonyl (C=O) groups is 1. The van der Waals surface area contributed by atoms with E-state index in [9.17, 15) is 4.79 Å². The predicted octanol–water partition coefficient (Wildman–Crippen LogP) is 4.44. The number of rotatable bonds is 3. The van der Waals surface area contributed by atoms with Gasteiger partial charge in [0.05, 0.1) is 9.21 Å². The van der Waals surface area contributed by atoms with Gasteiger partial charge in [-0.25, -0.2) is 0 Å². The van der Waals surface area contributed by atoms with E-state index >= 15 is 0 Å². The monoisotopic (exact) mass is 264 g/mol. The fourth-order valence-electron chi connectivity index (χ4n) is 1.84. The molecule has 0 spiro atoms. The molecule has 0 unspecified atom stereocenters. The van der Waals surface area contributed by atoms with Gasteiger partial charge in [-0.3, -0.25) is 4.79 Å². The molecule has 1 heterocycles. The Hall–Kier alpha value is -1.12. The van der Waals surface area contributed by atoms with Crippen molar-refractivity contribution in [1.82, 2.24) is 0 Å². The van der Waals surface area contributed by atoms with E-state index in [1.807, 2.05) is 32.0 Å². The zero-order chi connectivity index (χ0) is 12.4. The van der Waals surface area contributed by atoms with Gasteiger partial charge < -0.3 is 0 Å². The largest absolute Gasteiger partial charge is 0.293 e. The molecule has 2 rings (SSSR count). The van der Waals surface area contributed by atoms with Crippen LogP contribution in [0, 0.1) is 13.8 Å². The van der Waals surface area contributed by atoms with Crippen LogP contribution in [0.25, 0.3) is 0 Å². The molecule has 0 N–H and O–H groups in total. The van der Waals surface area contributed by atoms with Crippen LogP contribution in [0.15, 0.2) is 30.3 Å². The number of thiophene rings is 1. The third-order valence-electron chi connectivity index (χ3n) is 2.83. The first-order valence-corrected chi connectivity index (χ1v) is 6.61. The standard InChI is InChI=1S/C14H13ClOS/c1-9-4-3-5-10(2)11(9)8-12(16)13-6-7-14(15)17-13/h3-7H,8H2,1-2H3. The van der Waals surface area contributed by atoms with Crippen LogP contribution < -0.4 is 0 Å². The van der Waals surface area contributed by atoms with Crippen LogP contribution in [-0.4, -0.2) is 5.78 Å². The Kier molecular flexibility index (Phi) is 3.65. The van der Waals surface area contributed by atoms with Crippen molar-refractivity contribution in [2.75, 3.05) is 0 Å². The molecule has 2 aromatic rings. The average Bonchev–Trinajstić information content (AvgIpc) is 2.70. The lowest BCUT2D eigenvalue weighted by Crippen LogP contribution is -2.04. The molecule has 3 heteroatoms. The van der Waals surface area contributed by atoms with Crippen molar-refractivity contribution in [3.63, 3.8) is 0 Å². The van der Waals surface area contributed by atoms with E-state index in [0.29, 0.717) is 10.8 Å². The first kappa shape index (κ1) is 12.3. The van der Waals surface area contributed by atoms with Gasteiger partial charge >= 0.3 is 0 Å². The van der Waals surface area contributed by atoms with Crippen molar-refractivity contribution in [2.45, 2.75) is 20.3 Å². The number of hydrogen-bond donors (Lipinski definition) is 0. The van der Waals surface area contributed by atoms with Gasteiger partial charge in [0.15, 0.2) is 5.78 Å². The number of ketones is 1. The second kappa shape index (κ2) is 5.03. The second-order valence-corrected chi connectivity index (χ2v) is 5.79. The minimum atomic E-state index is 0.138. The van der Waals surface area contributed by atoms with E-state index < -0.39 is 0 Å². The van der Waals surface area contributed by atoms with Gasteiger partial charge in [0.25, 0.3) is 0 Å². The number of carbonyl (C=O) groups excluding carboxylic acids is 1. The van der Waals surface area contributed by atoms with E-state index in [4.69, 9.17) is 11.6 Å². The lowest BCUT2D eigenvalue weighted by Gasteiger charge is -2.07. The summed E-state index contributed by atoms with van der Waals surface area (Å²) in [6.45, 7) is 4.08. The first-order chi connectivity index (χ1) is 8.08. The van der Waals surface area contributed by atoms with Crippen LogP contribution in [-0.2, 0) is 6.42 Å². The van der Waals surface area contributed by atoms with Crippen molar-refractivity contribution < 1.29 is 4.79 Å². The normalized spacial score (nSPS) is 10.5. The van der Waals surface area contributed by atoms with Gasteiger partial charge in [0.2, 0.25) is 0 Å². The fourth-order valence-corrected chi connectivity index (χ4v) is 2.82. The smallest absolute Gasteiger partial charge is 0.177 e. The molecule has 0 amide bonds. The van der Waals surface area contributed by atoms with Crippen molar-refractivity contribution in [2.24, 2.45) is 0 Å². The van der Waals surface area contributed by atoms with Gasteiger partial charge in [-0.1, -0.05) is 29.8 Å². The summed E-state index contributed by atoms with van der Waals surface area (Å²) < 4.78 is 0.662. The summed E-state index contributed by atoms with van der Waals surface area (Å²) in [6.07, 6.45) is 0.454. The molecule has 1 aromatic carbocycles. The predicted molar refractivity (Wildman–Crippen MR) is 73.3 cm³/mol. The van der Waals surface area contributed by atoms with Crippen molar-refractivity contribution >= 4 is 28.7 Å². The van der Waals surface area contributed by atoms with E-state index in [-0.39, 0.29) is 5.78 Å². The van der Waals surface area contributed by atoms with Crippen LogP contribution >= 0.6 is 22.9 Å². The Morgan fingerprint density at radius 3 is 2.35 bits per heavy atom. The lowest BCUT2D eigenvalue weighted by molar-refractivity contribution is 0.0996. The molecule has 0 aliphatic carbocycles. The number of Topliss-reactive ketones (excluding diaryl/α,β-unsaturated/α-hetero) is 1. The summed E-state index contributed by atoms with van der Waals surface area (Å²) in [5.41, 5.74) is 3.46. The quantitative estimate of drug-likeness (QED) is 0.749.